The maximum Gasteiger partial charge on any atom is 0.291 e. The molecular weight excluding hydrogens is 336 g/mol. The Morgan fingerprint density at radius 1 is 1.12 bits per heavy atom. The predicted molar refractivity (Wildman–Crippen MR) is 102 cm³/mol. The Balaban J connectivity index is 1.88. The summed E-state index contributed by atoms with van der Waals surface area (Å²) in [6.07, 6.45) is 0. The maximum atomic E-state index is 12.5. The van der Waals surface area contributed by atoms with E-state index in [0.29, 0.717) is 22.2 Å². The zero-order chi connectivity index (χ0) is 18.1. The summed E-state index contributed by atoms with van der Waals surface area (Å²) in [4.78, 5) is 12.5. The second kappa shape index (κ2) is 6.65. The van der Waals surface area contributed by atoms with Crippen molar-refractivity contribution < 1.29 is 9.21 Å². The number of rotatable bonds is 3. The SMILES string of the molecule is Cc1cc(C)c(NC(=O)c2ccc(-c3cccc(Cl)c3C)o2)c(N)c1. The molecule has 1 amide bonds. The van der Waals surface area contributed by atoms with Crippen molar-refractivity contribution in [2.75, 3.05) is 11.1 Å². The number of carbonyl (C=O) groups excluding carboxylic acids is 1. The highest BCUT2D eigenvalue weighted by Gasteiger charge is 2.16. The van der Waals surface area contributed by atoms with Crippen LogP contribution < -0.4 is 11.1 Å². The molecule has 0 aliphatic heterocycles. The van der Waals surface area contributed by atoms with Crippen LogP contribution in [-0.4, -0.2) is 5.91 Å². The number of nitrogens with two attached hydrogens (primary N) is 1. The van der Waals surface area contributed by atoms with Crippen LogP contribution in [0.2, 0.25) is 5.02 Å². The summed E-state index contributed by atoms with van der Waals surface area (Å²) < 4.78 is 5.73. The lowest BCUT2D eigenvalue weighted by Gasteiger charge is -2.11. The zero-order valence-corrected chi connectivity index (χ0v) is 15.1. The fourth-order valence-corrected chi connectivity index (χ4v) is 3.00. The number of hydrogen-bond acceptors (Lipinski definition) is 3. The van der Waals surface area contributed by atoms with Gasteiger partial charge in [-0.1, -0.05) is 29.8 Å². The van der Waals surface area contributed by atoms with E-state index in [2.05, 4.69) is 5.32 Å². The number of hydrogen-bond donors (Lipinski definition) is 2. The molecular formula is C20H19ClN2O2. The third-order valence-corrected chi connectivity index (χ3v) is 4.52. The summed E-state index contributed by atoms with van der Waals surface area (Å²) in [7, 11) is 0. The highest BCUT2D eigenvalue weighted by Crippen LogP contribution is 2.30. The molecule has 3 rings (SSSR count). The number of nitrogen functional groups attached to an aromatic ring is 1. The van der Waals surface area contributed by atoms with E-state index in [1.165, 1.54) is 0 Å². The van der Waals surface area contributed by atoms with Gasteiger partial charge in [0.05, 0.1) is 11.4 Å². The maximum absolute atomic E-state index is 12.5. The van der Waals surface area contributed by atoms with Crippen LogP contribution in [0.5, 0.6) is 0 Å². The van der Waals surface area contributed by atoms with Crippen LogP contribution >= 0.6 is 11.6 Å². The van der Waals surface area contributed by atoms with Crippen molar-refractivity contribution in [2.45, 2.75) is 20.8 Å². The van der Waals surface area contributed by atoms with Crippen LogP contribution in [0, 0.1) is 20.8 Å². The fourth-order valence-electron chi connectivity index (χ4n) is 2.83. The molecule has 0 saturated carbocycles. The minimum absolute atomic E-state index is 0.216. The van der Waals surface area contributed by atoms with Crippen molar-refractivity contribution in [3.63, 3.8) is 0 Å². The molecule has 25 heavy (non-hydrogen) atoms. The lowest BCUT2D eigenvalue weighted by molar-refractivity contribution is 0.0997. The average Bonchev–Trinajstić information content (AvgIpc) is 3.03. The molecule has 128 valence electrons. The largest absolute Gasteiger partial charge is 0.451 e. The molecule has 2 aromatic carbocycles. The van der Waals surface area contributed by atoms with Gasteiger partial charge in [0.15, 0.2) is 5.76 Å². The minimum Gasteiger partial charge on any atom is -0.451 e. The van der Waals surface area contributed by atoms with Crippen molar-refractivity contribution >= 4 is 28.9 Å². The van der Waals surface area contributed by atoms with E-state index >= 15 is 0 Å². The number of aryl methyl sites for hydroxylation is 2. The molecule has 0 fully saturated rings. The van der Waals surface area contributed by atoms with Crippen LogP contribution in [0.15, 0.2) is 46.9 Å². The van der Waals surface area contributed by atoms with Gasteiger partial charge in [0.1, 0.15) is 5.76 Å². The third kappa shape index (κ3) is 3.39. The zero-order valence-electron chi connectivity index (χ0n) is 14.3. The van der Waals surface area contributed by atoms with Crippen molar-refractivity contribution in [1.29, 1.82) is 0 Å². The van der Waals surface area contributed by atoms with E-state index in [1.807, 2.05) is 51.1 Å². The summed E-state index contributed by atoms with van der Waals surface area (Å²) in [5, 5.41) is 3.48. The molecule has 0 radical (unpaired) electrons. The first-order valence-corrected chi connectivity index (χ1v) is 8.28. The Hall–Kier alpha value is -2.72. The lowest BCUT2D eigenvalue weighted by atomic mass is 10.1. The Labute approximate surface area is 151 Å². The molecule has 0 unspecified atom stereocenters. The Morgan fingerprint density at radius 2 is 1.88 bits per heavy atom. The quantitative estimate of drug-likeness (QED) is 0.622. The molecule has 0 bridgehead atoms. The van der Waals surface area contributed by atoms with Gasteiger partial charge < -0.3 is 15.5 Å². The number of furan rings is 1. The highest BCUT2D eigenvalue weighted by molar-refractivity contribution is 6.31. The standard InChI is InChI=1S/C20H19ClN2O2/c1-11-9-12(2)19(16(22)10-11)23-20(24)18-8-7-17(25-18)14-5-4-6-15(21)13(14)3/h4-10H,22H2,1-3H3,(H,23,24). The molecule has 5 heteroatoms. The average molecular weight is 355 g/mol. The summed E-state index contributed by atoms with van der Waals surface area (Å²) in [6.45, 7) is 5.78. The first-order chi connectivity index (χ1) is 11.9. The minimum atomic E-state index is -0.343. The van der Waals surface area contributed by atoms with Gasteiger partial charge in [-0.25, -0.2) is 0 Å². The fraction of sp³-hybridized carbons (Fsp3) is 0.150. The van der Waals surface area contributed by atoms with Gasteiger partial charge in [0, 0.05) is 10.6 Å². The van der Waals surface area contributed by atoms with E-state index in [1.54, 1.807) is 12.1 Å². The Morgan fingerprint density at radius 3 is 2.60 bits per heavy atom. The van der Waals surface area contributed by atoms with Crippen LogP contribution in [0.3, 0.4) is 0 Å². The molecule has 0 aliphatic carbocycles. The van der Waals surface area contributed by atoms with Gasteiger partial charge >= 0.3 is 0 Å². The smallest absolute Gasteiger partial charge is 0.291 e. The molecule has 1 aromatic heterocycles. The van der Waals surface area contributed by atoms with Crippen LogP contribution in [0.1, 0.15) is 27.2 Å². The van der Waals surface area contributed by atoms with Crippen molar-refractivity contribution in [3.05, 3.63) is 69.9 Å². The van der Waals surface area contributed by atoms with Crippen molar-refractivity contribution in [3.8, 4) is 11.3 Å². The van der Waals surface area contributed by atoms with E-state index < -0.39 is 0 Å². The Bertz CT molecular complexity index is 937. The van der Waals surface area contributed by atoms with E-state index in [9.17, 15) is 4.79 Å². The summed E-state index contributed by atoms with van der Waals surface area (Å²) in [6, 6.07) is 12.8. The Kier molecular flexibility index (Phi) is 4.55. The van der Waals surface area contributed by atoms with Crippen LogP contribution in [-0.2, 0) is 0 Å². The second-order valence-corrected chi connectivity index (χ2v) is 6.48. The van der Waals surface area contributed by atoms with Crippen LogP contribution in [0.4, 0.5) is 11.4 Å². The van der Waals surface area contributed by atoms with Crippen LogP contribution in [0.25, 0.3) is 11.3 Å². The first kappa shape index (κ1) is 17.1. The van der Waals surface area contributed by atoms with E-state index in [4.69, 9.17) is 21.8 Å². The van der Waals surface area contributed by atoms with E-state index in [-0.39, 0.29) is 11.7 Å². The number of carbonyl (C=O) groups is 1. The van der Waals surface area contributed by atoms with Gasteiger partial charge in [-0.05, 0) is 61.7 Å². The molecule has 0 saturated heterocycles. The van der Waals surface area contributed by atoms with Crippen molar-refractivity contribution in [1.82, 2.24) is 0 Å². The number of nitrogens with one attached hydrogen (secondary N) is 1. The number of anilines is 2. The summed E-state index contributed by atoms with van der Waals surface area (Å²) in [5.74, 6) is 0.470. The molecule has 4 nitrogen and oxygen atoms in total. The van der Waals surface area contributed by atoms with Gasteiger partial charge in [0.25, 0.3) is 5.91 Å². The molecule has 0 aliphatic rings. The monoisotopic (exact) mass is 354 g/mol. The van der Waals surface area contributed by atoms with Gasteiger partial charge in [-0.2, -0.15) is 0 Å². The molecule has 1 heterocycles. The summed E-state index contributed by atoms with van der Waals surface area (Å²) >= 11 is 6.15. The summed E-state index contributed by atoms with van der Waals surface area (Å²) in [5.41, 5.74) is 10.9. The normalized spacial score (nSPS) is 10.7. The topological polar surface area (TPSA) is 68.3 Å². The highest BCUT2D eigenvalue weighted by atomic mass is 35.5. The first-order valence-electron chi connectivity index (χ1n) is 7.90. The number of amides is 1. The van der Waals surface area contributed by atoms with Gasteiger partial charge in [0.2, 0.25) is 0 Å². The van der Waals surface area contributed by atoms with Crippen molar-refractivity contribution in [2.24, 2.45) is 0 Å². The predicted octanol–water partition coefficient (Wildman–Crippen LogP) is 5.36. The third-order valence-electron chi connectivity index (χ3n) is 4.11. The molecule has 3 N–H and O–H groups in total. The lowest BCUT2D eigenvalue weighted by Crippen LogP contribution is -2.13. The molecule has 0 atom stereocenters. The molecule has 3 aromatic rings. The van der Waals surface area contributed by atoms with E-state index in [0.717, 1.165) is 22.3 Å². The second-order valence-electron chi connectivity index (χ2n) is 6.08. The number of benzene rings is 2. The van der Waals surface area contributed by atoms with Gasteiger partial charge in [-0.3, -0.25) is 4.79 Å². The molecule has 0 spiro atoms. The van der Waals surface area contributed by atoms with Gasteiger partial charge in [-0.15, -0.1) is 0 Å². The number of halogens is 1.